The number of esters is 1. The van der Waals surface area contributed by atoms with Crippen LogP contribution in [0.1, 0.15) is 61.8 Å². The van der Waals surface area contributed by atoms with Crippen LogP contribution in [0.3, 0.4) is 0 Å². The number of aliphatic hydroxyl groups is 1. The molecule has 3 atom stereocenters. The first-order chi connectivity index (χ1) is 35.5. The lowest BCUT2D eigenvalue weighted by molar-refractivity contribution is -0.172. The number of carbonyl (C=O) groups excluding carboxylic acids is 8. The molecule has 1 fully saturated rings. The molecule has 0 saturated carbocycles. The Hall–Kier alpha value is -7.51. The van der Waals surface area contributed by atoms with Gasteiger partial charge in [-0.3, -0.25) is 43.3 Å². The molecule has 388 valence electrons. The van der Waals surface area contributed by atoms with Crippen molar-refractivity contribution < 1.29 is 68.2 Å². The third kappa shape index (κ3) is 12.8. The first kappa shape index (κ1) is 51.8. The van der Waals surface area contributed by atoms with Crippen LogP contribution >= 0.6 is 0 Å². The maximum absolute atomic E-state index is 15.7. The fourth-order valence-electron chi connectivity index (χ4n) is 8.43. The minimum absolute atomic E-state index is 0.00312. The Morgan fingerprint density at radius 3 is 2.26 bits per heavy atom. The van der Waals surface area contributed by atoms with Crippen molar-refractivity contribution >= 4 is 63.9 Å². The molecule has 24 heteroatoms. The van der Waals surface area contributed by atoms with Gasteiger partial charge in [0, 0.05) is 56.2 Å². The van der Waals surface area contributed by atoms with E-state index in [0.717, 1.165) is 11.0 Å². The average molecular weight is 1020 g/mol. The van der Waals surface area contributed by atoms with Gasteiger partial charge in [0.2, 0.25) is 41.4 Å². The number of hydrogen-bond acceptors (Lipinski definition) is 16. The zero-order chi connectivity index (χ0) is 53.1. The highest BCUT2D eigenvalue weighted by atomic mass is 19.1. The van der Waals surface area contributed by atoms with Crippen LogP contribution in [0.4, 0.5) is 10.1 Å². The second-order valence-electron chi connectivity index (χ2n) is 17.1. The van der Waals surface area contributed by atoms with Gasteiger partial charge in [-0.25, -0.2) is 14.2 Å². The number of halogens is 1. The van der Waals surface area contributed by atoms with E-state index in [1.165, 1.54) is 16.7 Å². The molecular formula is C49H56FN9O14. The van der Waals surface area contributed by atoms with E-state index in [4.69, 9.17) is 26.1 Å². The summed E-state index contributed by atoms with van der Waals surface area (Å²) >= 11 is 0. The summed E-state index contributed by atoms with van der Waals surface area (Å²) in [6, 6.07) is 11.4. The van der Waals surface area contributed by atoms with Crippen LogP contribution < -0.4 is 37.9 Å². The third-order valence-corrected chi connectivity index (χ3v) is 12.3. The number of pyridine rings is 2. The molecule has 0 bridgehead atoms. The number of amides is 7. The standard InChI is InChI=1S/C49H56FN9O14/c1-2-49(69)33-20-38-45-31(26-59(38)47(67)32(33)27-73-48(49)68)30(22-51)29-19-36(34(50)21-35(29)57-45)55-42(63)25-54-46(66)37(18-28-6-4-3-5-7-28)56-41(62)24-53-40(61)23-52-39(60)10-12-70-14-16-72-17-15-71-13-11-58-43(64)8-9-44(58)65/h3-7,19-21,37,69H,2,8-18,22-27,51H2,1H3,(H,52,60)(H,53,61)(H,54,66)(H,55,63)(H,56,62)/t37-,49-/m0/s1/i8T/t8?,37-,49-. The lowest BCUT2D eigenvalue weighted by Crippen LogP contribution is -2.52. The van der Waals surface area contributed by atoms with Gasteiger partial charge in [0.25, 0.3) is 5.56 Å². The van der Waals surface area contributed by atoms with Crippen LogP contribution in [-0.2, 0) is 89.0 Å². The summed E-state index contributed by atoms with van der Waals surface area (Å²) in [6.45, 7) is 0.621. The van der Waals surface area contributed by atoms with Crippen molar-refractivity contribution in [3.63, 3.8) is 0 Å². The Bertz CT molecular complexity index is 2910. The largest absolute Gasteiger partial charge is 0.458 e. The number of ether oxygens (including phenoxy) is 4. The molecule has 73 heavy (non-hydrogen) atoms. The molecule has 1 unspecified atom stereocenters. The highest BCUT2D eigenvalue weighted by molar-refractivity contribution is 6.02. The number of anilines is 1. The molecule has 0 radical (unpaired) electrons. The smallest absolute Gasteiger partial charge is 0.343 e. The van der Waals surface area contributed by atoms with Gasteiger partial charge >= 0.3 is 5.97 Å². The van der Waals surface area contributed by atoms with Gasteiger partial charge in [-0.05, 0) is 29.7 Å². The van der Waals surface area contributed by atoms with Gasteiger partial charge in [0.05, 0.1) is 101 Å². The number of nitrogens with zero attached hydrogens (tertiary/aromatic N) is 3. The molecule has 8 N–H and O–H groups in total. The Balaban J connectivity index is 0.849. The van der Waals surface area contributed by atoms with E-state index in [0.29, 0.717) is 33.5 Å². The Kier molecular flexibility index (Phi) is 17.2. The Morgan fingerprint density at radius 2 is 1.56 bits per heavy atom. The van der Waals surface area contributed by atoms with E-state index in [-0.39, 0.29) is 114 Å². The second-order valence-corrected chi connectivity index (χ2v) is 17.1. The summed E-state index contributed by atoms with van der Waals surface area (Å²) in [5.74, 6) is -6.19. The summed E-state index contributed by atoms with van der Waals surface area (Å²) in [4.78, 5) is 120. The van der Waals surface area contributed by atoms with Gasteiger partial charge in [0.15, 0.2) is 5.60 Å². The molecular weight excluding hydrogens is 958 g/mol. The summed E-state index contributed by atoms with van der Waals surface area (Å²) in [6.07, 6.45) is -1.30. The molecule has 3 aliphatic rings. The van der Waals surface area contributed by atoms with Gasteiger partial charge in [-0.15, -0.1) is 0 Å². The van der Waals surface area contributed by atoms with E-state index in [1.54, 1.807) is 37.3 Å². The molecule has 7 rings (SSSR count). The average Bonchev–Trinajstić information content (AvgIpc) is 3.87. The molecule has 0 spiro atoms. The van der Waals surface area contributed by atoms with Crippen LogP contribution in [-0.4, -0.2) is 139 Å². The molecule has 0 aliphatic carbocycles. The van der Waals surface area contributed by atoms with Crippen molar-refractivity contribution in [2.24, 2.45) is 5.73 Å². The maximum atomic E-state index is 15.7. The van der Waals surface area contributed by atoms with Crippen LogP contribution in [0.2, 0.25) is 0 Å². The number of benzene rings is 2. The van der Waals surface area contributed by atoms with Gasteiger partial charge in [0.1, 0.15) is 18.5 Å². The molecule has 2 aromatic carbocycles. The number of hydrogen-bond donors (Lipinski definition) is 7. The molecule has 3 aliphatic heterocycles. The molecule has 5 heterocycles. The highest BCUT2D eigenvalue weighted by Gasteiger charge is 2.45. The minimum Gasteiger partial charge on any atom is -0.458 e. The summed E-state index contributed by atoms with van der Waals surface area (Å²) in [5.41, 5.74) is 6.18. The summed E-state index contributed by atoms with van der Waals surface area (Å²) in [5, 5.41) is 23.8. The number of rotatable bonds is 25. The quantitative estimate of drug-likeness (QED) is 0.0216. The second kappa shape index (κ2) is 24.3. The maximum Gasteiger partial charge on any atom is 0.343 e. The van der Waals surface area contributed by atoms with E-state index in [9.17, 15) is 48.3 Å². The highest BCUT2D eigenvalue weighted by Crippen LogP contribution is 2.40. The number of likely N-dealkylation sites (tertiary alicyclic amines) is 1. The van der Waals surface area contributed by atoms with Crippen molar-refractivity contribution in [3.05, 3.63) is 92.5 Å². The topological polar surface area (TPSA) is 318 Å². The lowest BCUT2D eigenvalue weighted by atomic mass is 9.86. The van der Waals surface area contributed by atoms with Gasteiger partial charge < -0.3 is 60.9 Å². The molecule has 2 aromatic heterocycles. The molecule has 4 aromatic rings. The number of nitrogens with two attached hydrogens (primary N) is 1. The van der Waals surface area contributed by atoms with Crippen LogP contribution in [0.25, 0.3) is 22.3 Å². The number of fused-ring (bicyclic) bond motifs is 5. The van der Waals surface area contributed by atoms with Crippen molar-refractivity contribution in [2.45, 2.75) is 70.3 Å². The van der Waals surface area contributed by atoms with Gasteiger partial charge in [-0.1, -0.05) is 37.3 Å². The minimum atomic E-state index is -2.05. The lowest BCUT2D eigenvalue weighted by Gasteiger charge is -2.31. The predicted molar refractivity (Wildman–Crippen MR) is 255 cm³/mol. The van der Waals surface area contributed by atoms with Crippen molar-refractivity contribution in [2.75, 3.05) is 71.1 Å². The van der Waals surface area contributed by atoms with Crippen LogP contribution in [0.15, 0.2) is 53.3 Å². The summed E-state index contributed by atoms with van der Waals surface area (Å²) in [7, 11) is 0. The van der Waals surface area contributed by atoms with E-state index in [1.807, 2.05) is 0 Å². The van der Waals surface area contributed by atoms with E-state index >= 15 is 4.39 Å². The summed E-state index contributed by atoms with van der Waals surface area (Å²) < 4.78 is 45.9. The fraction of sp³-hybridized carbons (Fsp3) is 0.429. The third-order valence-electron chi connectivity index (χ3n) is 12.3. The zero-order valence-corrected chi connectivity index (χ0v) is 39.8. The first-order valence-corrected chi connectivity index (χ1v) is 23.5. The predicted octanol–water partition coefficient (Wildman–Crippen LogP) is -0.719. The van der Waals surface area contributed by atoms with E-state index < -0.39 is 96.4 Å². The van der Waals surface area contributed by atoms with Crippen LogP contribution in [0, 0.1) is 5.82 Å². The van der Waals surface area contributed by atoms with Crippen molar-refractivity contribution in [1.82, 2.24) is 35.7 Å². The number of nitrogens with one attached hydrogen (secondary N) is 5. The monoisotopic (exact) mass is 1020 g/mol. The van der Waals surface area contributed by atoms with Crippen LogP contribution in [0.5, 0.6) is 0 Å². The number of cyclic esters (lactones) is 1. The zero-order valence-electron chi connectivity index (χ0n) is 40.8. The Labute approximate surface area is 418 Å². The van der Waals surface area contributed by atoms with E-state index in [2.05, 4.69) is 31.6 Å². The SMILES string of the molecule is [3H]C1CC(=O)N(CCOCCOCCOCCC(=O)NCC(=O)NCC(=O)N[C@@H](Cc2ccccc2)C(=O)NCC(=O)Nc2cc3c(CN)c4c(nc3cc2F)-c2cc3c(c(=O)n2C4)COC(=O)[C@]3(O)CC)C1=O. The van der Waals surface area contributed by atoms with Crippen molar-refractivity contribution in [1.29, 1.82) is 0 Å². The number of carbonyl (C=O) groups is 8. The van der Waals surface area contributed by atoms with Gasteiger partial charge in [-0.2, -0.15) is 0 Å². The first-order valence-electron chi connectivity index (χ1n) is 24.1. The number of imide groups is 1. The molecule has 7 amide bonds. The number of aromatic nitrogens is 2. The Morgan fingerprint density at radius 1 is 0.877 bits per heavy atom. The fourth-order valence-corrected chi connectivity index (χ4v) is 8.43. The normalized spacial score (nSPS) is 17.3. The molecule has 1 saturated heterocycles. The molecule has 23 nitrogen and oxygen atoms in total. The van der Waals surface area contributed by atoms with Crippen molar-refractivity contribution in [3.8, 4) is 11.4 Å².